The molecule has 2 fully saturated rings. The summed E-state index contributed by atoms with van der Waals surface area (Å²) in [5.41, 5.74) is 8.23. The maximum absolute atomic E-state index is 6.11. The van der Waals surface area contributed by atoms with Crippen LogP contribution in [0.1, 0.15) is 33.1 Å². The van der Waals surface area contributed by atoms with E-state index in [0.29, 0.717) is 0 Å². The van der Waals surface area contributed by atoms with Gasteiger partial charge in [0.1, 0.15) is 0 Å². The van der Waals surface area contributed by atoms with Gasteiger partial charge in [-0.25, -0.2) is 0 Å². The summed E-state index contributed by atoms with van der Waals surface area (Å²) in [6.45, 7) is 9.41. The highest BCUT2D eigenvalue weighted by molar-refractivity contribution is 5.67. The smallest absolute Gasteiger partial charge is 0.0600 e. The van der Waals surface area contributed by atoms with Crippen LogP contribution in [0.2, 0.25) is 0 Å². The Morgan fingerprint density at radius 1 is 0.952 bits per heavy atom. The van der Waals surface area contributed by atoms with Crippen molar-refractivity contribution in [2.45, 2.75) is 39.2 Å². The summed E-state index contributed by atoms with van der Waals surface area (Å²) in [7, 11) is 0. The summed E-state index contributed by atoms with van der Waals surface area (Å²) >= 11 is 0. The molecule has 3 heteroatoms. The first-order chi connectivity index (χ1) is 10.1. The van der Waals surface area contributed by atoms with Crippen molar-refractivity contribution in [2.75, 3.05) is 36.8 Å². The second kappa shape index (κ2) is 6.27. The first kappa shape index (κ1) is 14.7. The lowest BCUT2D eigenvalue weighted by Crippen LogP contribution is -2.52. The van der Waals surface area contributed by atoms with Crippen LogP contribution in [0, 0.1) is 11.8 Å². The molecular weight excluding hydrogens is 258 g/mol. The fraction of sp³-hybridized carbons (Fsp3) is 0.667. The van der Waals surface area contributed by atoms with Gasteiger partial charge in [-0.1, -0.05) is 26.0 Å². The molecule has 2 aliphatic rings. The van der Waals surface area contributed by atoms with Crippen molar-refractivity contribution in [1.29, 1.82) is 0 Å². The molecule has 3 nitrogen and oxygen atoms in total. The maximum atomic E-state index is 6.11. The Morgan fingerprint density at radius 3 is 2.33 bits per heavy atom. The molecule has 1 aromatic carbocycles. The van der Waals surface area contributed by atoms with E-state index in [1.807, 2.05) is 12.1 Å². The van der Waals surface area contributed by atoms with Crippen LogP contribution in [0.4, 0.5) is 11.4 Å². The van der Waals surface area contributed by atoms with Gasteiger partial charge in [0, 0.05) is 32.2 Å². The van der Waals surface area contributed by atoms with Gasteiger partial charge in [-0.2, -0.15) is 0 Å². The fourth-order valence-corrected chi connectivity index (χ4v) is 3.95. The molecule has 0 spiro atoms. The number of nitrogen functional groups attached to an aromatic ring is 1. The van der Waals surface area contributed by atoms with Gasteiger partial charge < -0.3 is 10.6 Å². The molecule has 3 unspecified atom stereocenters. The first-order valence-corrected chi connectivity index (χ1v) is 8.48. The standard InChI is InChI=1S/C18H29N3/c1-14-7-8-16(13-15(14)2)20-9-11-21(12-10-20)18-6-4-3-5-17(18)19/h3-6,14-16H,7-13,19H2,1-2H3. The van der Waals surface area contributed by atoms with Gasteiger partial charge in [-0.3, -0.25) is 4.90 Å². The summed E-state index contributed by atoms with van der Waals surface area (Å²) in [6.07, 6.45) is 4.17. The van der Waals surface area contributed by atoms with Gasteiger partial charge in [0.15, 0.2) is 0 Å². The Labute approximate surface area is 129 Å². The zero-order chi connectivity index (χ0) is 14.8. The van der Waals surface area contributed by atoms with Crippen LogP contribution in [0.25, 0.3) is 0 Å². The molecule has 116 valence electrons. The number of rotatable bonds is 2. The van der Waals surface area contributed by atoms with Crippen LogP contribution < -0.4 is 10.6 Å². The number of nitrogens with two attached hydrogens (primary N) is 1. The van der Waals surface area contributed by atoms with Crippen molar-refractivity contribution in [1.82, 2.24) is 4.90 Å². The quantitative estimate of drug-likeness (QED) is 0.848. The van der Waals surface area contributed by atoms with E-state index in [4.69, 9.17) is 5.73 Å². The third-order valence-corrected chi connectivity index (χ3v) is 5.68. The number of nitrogens with zero attached hydrogens (tertiary/aromatic N) is 2. The predicted octanol–water partition coefficient (Wildman–Crippen LogP) is 3.22. The van der Waals surface area contributed by atoms with E-state index < -0.39 is 0 Å². The van der Waals surface area contributed by atoms with Crippen molar-refractivity contribution < 1.29 is 0 Å². The number of hydrogen-bond donors (Lipinski definition) is 1. The van der Waals surface area contributed by atoms with Crippen molar-refractivity contribution in [2.24, 2.45) is 11.8 Å². The zero-order valence-electron chi connectivity index (χ0n) is 13.5. The average Bonchev–Trinajstić information content (AvgIpc) is 2.51. The van der Waals surface area contributed by atoms with E-state index in [9.17, 15) is 0 Å². The summed E-state index contributed by atoms with van der Waals surface area (Å²) in [4.78, 5) is 5.17. The molecule has 3 atom stereocenters. The Kier molecular flexibility index (Phi) is 4.39. The van der Waals surface area contributed by atoms with Gasteiger partial charge in [-0.05, 0) is 43.2 Å². The van der Waals surface area contributed by atoms with Gasteiger partial charge in [-0.15, -0.1) is 0 Å². The van der Waals surface area contributed by atoms with Crippen LogP contribution in [-0.4, -0.2) is 37.1 Å². The third kappa shape index (κ3) is 3.18. The van der Waals surface area contributed by atoms with Crippen LogP contribution in [0.5, 0.6) is 0 Å². The van der Waals surface area contributed by atoms with Gasteiger partial charge in [0.2, 0.25) is 0 Å². The number of piperazine rings is 1. The SMILES string of the molecule is CC1CCC(N2CCN(c3ccccc3N)CC2)CC1C. The largest absolute Gasteiger partial charge is 0.397 e. The third-order valence-electron chi connectivity index (χ3n) is 5.68. The second-order valence-electron chi connectivity index (χ2n) is 7.00. The van der Waals surface area contributed by atoms with Gasteiger partial charge >= 0.3 is 0 Å². The molecule has 1 saturated heterocycles. The highest BCUT2D eigenvalue weighted by Crippen LogP contribution is 2.33. The average molecular weight is 287 g/mol. The Morgan fingerprint density at radius 2 is 1.67 bits per heavy atom. The molecule has 0 bridgehead atoms. The molecule has 1 aliphatic carbocycles. The van der Waals surface area contributed by atoms with E-state index in [-0.39, 0.29) is 0 Å². The van der Waals surface area contributed by atoms with E-state index in [2.05, 4.69) is 35.8 Å². The highest BCUT2D eigenvalue weighted by atomic mass is 15.3. The molecule has 21 heavy (non-hydrogen) atoms. The maximum Gasteiger partial charge on any atom is 0.0600 e. The molecule has 1 aromatic rings. The highest BCUT2D eigenvalue weighted by Gasteiger charge is 2.30. The Balaban J connectivity index is 1.57. The number of anilines is 2. The minimum atomic E-state index is 0.812. The minimum absolute atomic E-state index is 0.812. The van der Waals surface area contributed by atoms with E-state index >= 15 is 0 Å². The fourth-order valence-electron chi connectivity index (χ4n) is 3.95. The van der Waals surface area contributed by atoms with Crippen LogP contribution >= 0.6 is 0 Å². The number of para-hydroxylation sites is 2. The van der Waals surface area contributed by atoms with Gasteiger partial charge in [0.25, 0.3) is 0 Å². The molecule has 3 rings (SSSR count). The summed E-state index contributed by atoms with van der Waals surface area (Å²) < 4.78 is 0. The first-order valence-electron chi connectivity index (χ1n) is 8.48. The zero-order valence-corrected chi connectivity index (χ0v) is 13.5. The Bertz CT molecular complexity index is 465. The number of benzene rings is 1. The molecule has 1 saturated carbocycles. The van der Waals surface area contributed by atoms with E-state index in [0.717, 1.165) is 36.7 Å². The summed E-state index contributed by atoms with van der Waals surface area (Å²) in [5, 5.41) is 0. The van der Waals surface area contributed by atoms with Crippen molar-refractivity contribution >= 4 is 11.4 Å². The molecule has 2 N–H and O–H groups in total. The molecule has 0 aromatic heterocycles. The van der Waals surface area contributed by atoms with Crippen molar-refractivity contribution in [3.8, 4) is 0 Å². The Hall–Kier alpha value is -1.22. The molecule has 1 heterocycles. The molecule has 0 radical (unpaired) electrons. The lowest BCUT2D eigenvalue weighted by Gasteiger charge is -2.44. The summed E-state index contributed by atoms with van der Waals surface area (Å²) in [5.74, 6) is 1.79. The monoisotopic (exact) mass is 287 g/mol. The normalized spacial score (nSPS) is 31.3. The topological polar surface area (TPSA) is 32.5 Å². The van der Waals surface area contributed by atoms with Crippen LogP contribution in [-0.2, 0) is 0 Å². The van der Waals surface area contributed by atoms with Crippen molar-refractivity contribution in [3.05, 3.63) is 24.3 Å². The lowest BCUT2D eigenvalue weighted by molar-refractivity contribution is 0.104. The second-order valence-corrected chi connectivity index (χ2v) is 7.00. The lowest BCUT2D eigenvalue weighted by atomic mass is 9.78. The number of hydrogen-bond acceptors (Lipinski definition) is 3. The molecule has 1 aliphatic heterocycles. The predicted molar refractivity (Wildman–Crippen MR) is 90.6 cm³/mol. The molecular formula is C18H29N3. The summed E-state index contributed by atoms with van der Waals surface area (Å²) in [6, 6.07) is 9.06. The van der Waals surface area contributed by atoms with E-state index in [1.165, 1.54) is 38.0 Å². The van der Waals surface area contributed by atoms with E-state index in [1.54, 1.807) is 0 Å². The van der Waals surface area contributed by atoms with Crippen molar-refractivity contribution in [3.63, 3.8) is 0 Å². The van der Waals surface area contributed by atoms with Gasteiger partial charge in [0.05, 0.1) is 11.4 Å². The minimum Gasteiger partial charge on any atom is -0.397 e. The molecule has 0 amide bonds. The van der Waals surface area contributed by atoms with Crippen LogP contribution in [0.15, 0.2) is 24.3 Å². The van der Waals surface area contributed by atoms with Crippen LogP contribution in [0.3, 0.4) is 0 Å².